The smallest absolute Gasteiger partial charge is 0.135 e. The van der Waals surface area contributed by atoms with E-state index in [0.717, 1.165) is 25.4 Å². The molecule has 0 radical (unpaired) electrons. The Morgan fingerprint density at radius 2 is 2.47 bits per heavy atom. The molecular formula is C12H20ClN3O. The lowest BCUT2D eigenvalue weighted by atomic mass is 10.0. The molecule has 1 aromatic heterocycles. The monoisotopic (exact) mass is 257 g/mol. The first-order chi connectivity index (χ1) is 8.27. The third kappa shape index (κ3) is 3.69. The van der Waals surface area contributed by atoms with Crippen molar-refractivity contribution < 1.29 is 4.74 Å². The van der Waals surface area contributed by atoms with Crippen molar-refractivity contribution in [2.75, 3.05) is 13.2 Å². The molecule has 1 saturated heterocycles. The number of piperidine rings is 1. The highest BCUT2D eigenvalue weighted by Gasteiger charge is 2.12. The van der Waals surface area contributed by atoms with E-state index in [1.54, 1.807) is 6.20 Å². The van der Waals surface area contributed by atoms with Gasteiger partial charge < -0.3 is 14.6 Å². The maximum Gasteiger partial charge on any atom is 0.135 e. The van der Waals surface area contributed by atoms with E-state index in [2.05, 4.69) is 10.3 Å². The SMILES string of the molecule is Cn1c(Cl)cnc1COCCC1CCCCN1. The zero-order valence-corrected chi connectivity index (χ0v) is 11.0. The molecule has 2 heterocycles. The fourth-order valence-electron chi connectivity index (χ4n) is 2.12. The highest BCUT2D eigenvalue weighted by molar-refractivity contribution is 6.29. The Hall–Kier alpha value is -0.580. The fourth-order valence-corrected chi connectivity index (χ4v) is 2.26. The Kier molecular flexibility index (Phi) is 4.83. The molecule has 0 saturated carbocycles. The summed E-state index contributed by atoms with van der Waals surface area (Å²) in [4.78, 5) is 4.19. The summed E-state index contributed by atoms with van der Waals surface area (Å²) in [6, 6.07) is 0.633. The molecule has 0 aromatic carbocycles. The van der Waals surface area contributed by atoms with Crippen molar-refractivity contribution in [2.24, 2.45) is 7.05 Å². The van der Waals surface area contributed by atoms with Crippen molar-refractivity contribution in [3.63, 3.8) is 0 Å². The Bertz CT molecular complexity index is 348. The second-order valence-corrected chi connectivity index (χ2v) is 4.93. The maximum absolute atomic E-state index is 5.90. The number of nitrogens with zero attached hydrogens (tertiary/aromatic N) is 2. The molecule has 1 atom stereocenters. The number of rotatable bonds is 5. The van der Waals surface area contributed by atoms with Crippen LogP contribution in [0.3, 0.4) is 0 Å². The van der Waals surface area contributed by atoms with Gasteiger partial charge >= 0.3 is 0 Å². The lowest BCUT2D eigenvalue weighted by molar-refractivity contribution is 0.102. The number of ether oxygens (including phenoxy) is 1. The minimum Gasteiger partial charge on any atom is -0.373 e. The van der Waals surface area contributed by atoms with E-state index in [-0.39, 0.29) is 0 Å². The molecule has 17 heavy (non-hydrogen) atoms. The topological polar surface area (TPSA) is 39.1 Å². The van der Waals surface area contributed by atoms with Crippen LogP contribution < -0.4 is 5.32 Å². The fraction of sp³-hybridized carbons (Fsp3) is 0.750. The molecule has 1 aromatic rings. The van der Waals surface area contributed by atoms with E-state index in [0.29, 0.717) is 17.8 Å². The molecule has 5 heteroatoms. The normalized spacial score (nSPS) is 20.7. The Labute approximate surface area is 107 Å². The van der Waals surface area contributed by atoms with Gasteiger partial charge in [-0.05, 0) is 25.8 Å². The third-order valence-electron chi connectivity index (χ3n) is 3.28. The summed E-state index contributed by atoms with van der Waals surface area (Å²) in [5.74, 6) is 0.881. The van der Waals surface area contributed by atoms with Gasteiger partial charge in [-0.1, -0.05) is 18.0 Å². The molecule has 0 amide bonds. The molecule has 96 valence electrons. The highest BCUT2D eigenvalue weighted by Crippen LogP contribution is 2.12. The summed E-state index contributed by atoms with van der Waals surface area (Å²) in [5.41, 5.74) is 0. The van der Waals surface area contributed by atoms with E-state index in [4.69, 9.17) is 16.3 Å². The van der Waals surface area contributed by atoms with Crippen molar-refractivity contribution in [1.82, 2.24) is 14.9 Å². The van der Waals surface area contributed by atoms with Gasteiger partial charge in [0, 0.05) is 19.7 Å². The van der Waals surface area contributed by atoms with Gasteiger partial charge in [0.05, 0.1) is 6.20 Å². The van der Waals surface area contributed by atoms with Crippen LogP contribution in [0.4, 0.5) is 0 Å². The number of nitrogens with one attached hydrogen (secondary N) is 1. The van der Waals surface area contributed by atoms with Crippen LogP contribution in [0, 0.1) is 0 Å². The van der Waals surface area contributed by atoms with Crippen LogP contribution in [0.1, 0.15) is 31.5 Å². The van der Waals surface area contributed by atoms with Crippen LogP contribution >= 0.6 is 11.6 Å². The van der Waals surface area contributed by atoms with Gasteiger partial charge in [0.15, 0.2) is 0 Å². The van der Waals surface area contributed by atoms with Crippen molar-refractivity contribution in [2.45, 2.75) is 38.3 Å². The first-order valence-electron chi connectivity index (χ1n) is 6.24. The zero-order valence-electron chi connectivity index (χ0n) is 10.3. The molecule has 1 unspecified atom stereocenters. The second kappa shape index (κ2) is 6.38. The molecule has 1 N–H and O–H groups in total. The predicted molar refractivity (Wildman–Crippen MR) is 68.1 cm³/mol. The van der Waals surface area contributed by atoms with Crippen LogP contribution in [0.15, 0.2) is 6.20 Å². The van der Waals surface area contributed by atoms with Crippen molar-refractivity contribution in [3.05, 3.63) is 17.2 Å². The van der Waals surface area contributed by atoms with Gasteiger partial charge in [0.2, 0.25) is 0 Å². The molecule has 0 spiro atoms. The first-order valence-corrected chi connectivity index (χ1v) is 6.62. The van der Waals surface area contributed by atoms with Gasteiger partial charge in [-0.15, -0.1) is 0 Å². The number of imidazole rings is 1. The van der Waals surface area contributed by atoms with Crippen molar-refractivity contribution in [3.8, 4) is 0 Å². The summed E-state index contributed by atoms with van der Waals surface area (Å²) in [6.45, 7) is 2.47. The third-order valence-corrected chi connectivity index (χ3v) is 3.63. The number of hydrogen-bond acceptors (Lipinski definition) is 3. The standard InChI is InChI=1S/C12H20ClN3O/c1-16-11(13)8-15-12(16)9-17-7-5-10-4-2-3-6-14-10/h8,10,14H,2-7,9H2,1H3. The highest BCUT2D eigenvalue weighted by atomic mass is 35.5. The maximum atomic E-state index is 5.90. The predicted octanol–water partition coefficient (Wildman–Crippen LogP) is 2.12. The molecule has 1 fully saturated rings. The largest absolute Gasteiger partial charge is 0.373 e. The molecular weight excluding hydrogens is 238 g/mol. The van der Waals surface area contributed by atoms with Gasteiger partial charge in [-0.3, -0.25) is 0 Å². The van der Waals surface area contributed by atoms with Gasteiger partial charge in [0.1, 0.15) is 17.6 Å². The van der Waals surface area contributed by atoms with Gasteiger partial charge in [-0.25, -0.2) is 4.98 Å². The van der Waals surface area contributed by atoms with E-state index in [9.17, 15) is 0 Å². The molecule has 0 aliphatic carbocycles. The van der Waals surface area contributed by atoms with Crippen LogP contribution in [0.5, 0.6) is 0 Å². The molecule has 0 bridgehead atoms. The van der Waals surface area contributed by atoms with E-state index in [1.165, 1.54) is 19.3 Å². The van der Waals surface area contributed by atoms with Gasteiger partial charge in [-0.2, -0.15) is 0 Å². The summed E-state index contributed by atoms with van der Waals surface area (Å²) >= 11 is 5.90. The molecule has 4 nitrogen and oxygen atoms in total. The van der Waals surface area contributed by atoms with E-state index < -0.39 is 0 Å². The van der Waals surface area contributed by atoms with Crippen LogP contribution in [0.25, 0.3) is 0 Å². The number of halogens is 1. The molecule has 1 aliphatic rings. The first kappa shape index (κ1) is 12.9. The molecule has 2 rings (SSSR count). The lowest BCUT2D eigenvalue weighted by Gasteiger charge is -2.23. The summed E-state index contributed by atoms with van der Waals surface area (Å²) in [6.07, 6.45) is 6.66. The van der Waals surface area contributed by atoms with Crippen molar-refractivity contribution >= 4 is 11.6 Å². The van der Waals surface area contributed by atoms with Gasteiger partial charge in [0.25, 0.3) is 0 Å². The Morgan fingerprint density at radius 3 is 3.12 bits per heavy atom. The lowest BCUT2D eigenvalue weighted by Crippen LogP contribution is -2.34. The quantitative estimate of drug-likeness (QED) is 0.822. The van der Waals surface area contributed by atoms with E-state index in [1.807, 2.05) is 11.6 Å². The minimum atomic E-state index is 0.538. The van der Waals surface area contributed by atoms with Crippen LogP contribution in [-0.4, -0.2) is 28.7 Å². The molecule has 1 aliphatic heterocycles. The second-order valence-electron chi connectivity index (χ2n) is 4.54. The zero-order chi connectivity index (χ0) is 12.1. The number of aromatic nitrogens is 2. The minimum absolute atomic E-state index is 0.538. The average molecular weight is 258 g/mol. The van der Waals surface area contributed by atoms with E-state index >= 15 is 0 Å². The number of hydrogen-bond donors (Lipinski definition) is 1. The van der Waals surface area contributed by atoms with Crippen molar-refractivity contribution in [1.29, 1.82) is 0 Å². The summed E-state index contributed by atoms with van der Waals surface area (Å²) < 4.78 is 7.48. The van der Waals surface area contributed by atoms with Crippen LogP contribution in [0.2, 0.25) is 5.15 Å². The summed E-state index contributed by atoms with van der Waals surface area (Å²) in [7, 11) is 1.90. The van der Waals surface area contributed by atoms with Crippen LogP contribution in [-0.2, 0) is 18.4 Å². The Morgan fingerprint density at radius 1 is 1.59 bits per heavy atom. The Balaban J connectivity index is 1.64. The average Bonchev–Trinajstić information content (AvgIpc) is 2.67. The summed E-state index contributed by atoms with van der Waals surface area (Å²) in [5, 5.41) is 4.16.